The van der Waals surface area contributed by atoms with Crippen LogP contribution in [0.25, 0.3) is 0 Å². The van der Waals surface area contributed by atoms with Gasteiger partial charge in [-0.1, -0.05) is 0 Å². The molecule has 3 aliphatic heterocycles. The molecule has 4 fully saturated rings. The second kappa shape index (κ2) is 6.55. The number of nitrogens with zero attached hydrogens (tertiary/aromatic N) is 3. The molecule has 2 bridgehead atoms. The van der Waals surface area contributed by atoms with E-state index >= 15 is 0 Å². The molecule has 3 saturated heterocycles. The first kappa shape index (κ1) is 16.6. The van der Waals surface area contributed by atoms with Gasteiger partial charge in [-0.2, -0.15) is 0 Å². The topological polar surface area (TPSA) is 57.3 Å². The van der Waals surface area contributed by atoms with E-state index in [1.165, 1.54) is 0 Å². The Balaban J connectivity index is 1.18. The van der Waals surface area contributed by atoms with Crippen LogP contribution < -0.4 is 5.32 Å². The van der Waals surface area contributed by atoms with Crippen molar-refractivity contribution in [2.24, 2.45) is 5.92 Å². The number of piperazine rings is 2. The first-order valence-electron chi connectivity index (χ1n) is 9.87. The van der Waals surface area contributed by atoms with Crippen molar-refractivity contribution in [2.45, 2.75) is 18.4 Å². The van der Waals surface area contributed by atoms with Gasteiger partial charge in [0.05, 0.1) is 13.0 Å². The predicted octanol–water partition coefficient (Wildman–Crippen LogP) is -0.0297. The average Bonchev–Trinajstić information content (AvgIpc) is 3.37. The van der Waals surface area contributed by atoms with Gasteiger partial charge >= 0.3 is 0 Å². The normalized spacial score (nSPS) is 34.6. The van der Waals surface area contributed by atoms with E-state index in [0.29, 0.717) is 19.3 Å². The van der Waals surface area contributed by atoms with Gasteiger partial charge in [0.15, 0.2) is 0 Å². The Bertz CT molecular complexity index is 635. The van der Waals surface area contributed by atoms with E-state index in [0.717, 1.165) is 76.7 Å². The Hall–Kier alpha value is -1.57. The number of fused-ring (bicyclic) bond motifs is 3. The molecule has 0 aromatic heterocycles. The van der Waals surface area contributed by atoms with E-state index < -0.39 is 0 Å². The van der Waals surface area contributed by atoms with Gasteiger partial charge in [0.2, 0.25) is 12.7 Å². The number of ether oxygens (including phenoxy) is 2. The summed E-state index contributed by atoms with van der Waals surface area (Å²) in [6.07, 6.45) is 6.63. The van der Waals surface area contributed by atoms with Crippen LogP contribution in [0.5, 0.6) is 0 Å². The number of carbonyl (C=O) groups excluding carboxylic acids is 1. The highest BCUT2D eigenvalue weighted by Crippen LogP contribution is 2.54. The minimum Gasteiger partial charge on any atom is -0.462 e. The van der Waals surface area contributed by atoms with Crippen molar-refractivity contribution >= 4 is 5.91 Å². The maximum absolute atomic E-state index is 12.5. The number of amides is 1. The fraction of sp³-hybridized carbons (Fsp3) is 0.737. The summed E-state index contributed by atoms with van der Waals surface area (Å²) >= 11 is 0. The van der Waals surface area contributed by atoms with Gasteiger partial charge in [-0.25, -0.2) is 0 Å². The lowest BCUT2D eigenvalue weighted by molar-refractivity contribution is -0.133. The molecule has 3 heterocycles. The third-order valence-electron chi connectivity index (χ3n) is 6.45. The predicted molar refractivity (Wildman–Crippen MR) is 96.1 cm³/mol. The zero-order valence-electron chi connectivity index (χ0n) is 15.3. The first-order valence-corrected chi connectivity index (χ1v) is 9.87. The molecule has 5 rings (SSSR count). The summed E-state index contributed by atoms with van der Waals surface area (Å²) in [6, 6.07) is 0. The van der Waals surface area contributed by atoms with Crippen molar-refractivity contribution < 1.29 is 14.3 Å². The second-order valence-electron chi connectivity index (χ2n) is 8.02. The molecule has 2 unspecified atom stereocenters. The number of carbonyl (C=O) groups is 1. The van der Waals surface area contributed by atoms with Gasteiger partial charge in [0.25, 0.3) is 0 Å². The van der Waals surface area contributed by atoms with Gasteiger partial charge < -0.3 is 19.7 Å². The Morgan fingerprint density at radius 2 is 1.88 bits per heavy atom. The molecule has 26 heavy (non-hydrogen) atoms. The van der Waals surface area contributed by atoms with E-state index in [1.807, 2.05) is 4.90 Å². The van der Waals surface area contributed by atoms with Crippen LogP contribution in [-0.2, 0) is 14.3 Å². The van der Waals surface area contributed by atoms with E-state index in [1.54, 1.807) is 0 Å². The second-order valence-corrected chi connectivity index (χ2v) is 8.02. The summed E-state index contributed by atoms with van der Waals surface area (Å²) in [4.78, 5) is 19.4. The lowest BCUT2D eigenvalue weighted by Crippen LogP contribution is -2.55. The average molecular weight is 360 g/mol. The van der Waals surface area contributed by atoms with Crippen LogP contribution in [0.15, 0.2) is 23.7 Å². The summed E-state index contributed by atoms with van der Waals surface area (Å²) in [6.45, 7) is 8.38. The van der Waals surface area contributed by atoms with Crippen LogP contribution in [-0.4, -0.2) is 91.8 Å². The Labute approximate surface area is 154 Å². The van der Waals surface area contributed by atoms with Gasteiger partial charge in [-0.05, 0) is 18.6 Å². The molecule has 7 nitrogen and oxygen atoms in total. The number of hydrogen-bond acceptors (Lipinski definition) is 6. The van der Waals surface area contributed by atoms with Crippen LogP contribution in [0.3, 0.4) is 0 Å². The molecule has 2 aliphatic carbocycles. The summed E-state index contributed by atoms with van der Waals surface area (Å²) in [7, 11) is 0. The van der Waals surface area contributed by atoms with E-state index in [2.05, 4.69) is 27.3 Å². The van der Waals surface area contributed by atoms with Crippen molar-refractivity contribution in [1.82, 2.24) is 20.0 Å². The standard InChI is InChI=1S/C19H28N4O3/c24-18(22-3-1-20-2-4-22)13-21-5-7-23(8-6-21)19-11-15(19)9-16-10-17(12-19)26-14-25-16/h9,12,15,20H,1-8,10-11,13-14H2. The fourth-order valence-electron chi connectivity index (χ4n) is 4.80. The highest BCUT2D eigenvalue weighted by atomic mass is 16.7. The summed E-state index contributed by atoms with van der Waals surface area (Å²) < 4.78 is 11.3. The third kappa shape index (κ3) is 3.02. The van der Waals surface area contributed by atoms with Gasteiger partial charge in [0.1, 0.15) is 11.5 Å². The van der Waals surface area contributed by atoms with Gasteiger partial charge in [-0.15, -0.1) is 0 Å². The Morgan fingerprint density at radius 3 is 2.69 bits per heavy atom. The van der Waals surface area contributed by atoms with Crippen molar-refractivity contribution in [1.29, 1.82) is 0 Å². The summed E-state index contributed by atoms with van der Waals surface area (Å²) in [5.41, 5.74) is 0.124. The summed E-state index contributed by atoms with van der Waals surface area (Å²) in [5.74, 6) is 2.97. The first-order chi connectivity index (χ1) is 12.7. The molecule has 1 saturated carbocycles. The van der Waals surface area contributed by atoms with E-state index in [4.69, 9.17) is 9.47 Å². The van der Waals surface area contributed by atoms with Crippen LogP contribution >= 0.6 is 0 Å². The summed E-state index contributed by atoms with van der Waals surface area (Å²) in [5, 5.41) is 3.30. The van der Waals surface area contributed by atoms with E-state index in [-0.39, 0.29) is 11.4 Å². The van der Waals surface area contributed by atoms with Crippen LogP contribution in [0.4, 0.5) is 0 Å². The zero-order chi connectivity index (χ0) is 17.6. The van der Waals surface area contributed by atoms with E-state index in [9.17, 15) is 4.79 Å². The highest BCUT2D eigenvalue weighted by molar-refractivity contribution is 5.78. The molecule has 7 heteroatoms. The van der Waals surface area contributed by atoms with Crippen LogP contribution in [0.1, 0.15) is 12.8 Å². The molecule has 2 atom stereocenters. The SMILES string of the molecule is O=C(CN1CCN(C23C=C4CC(=CC2C3)OCO4)CC1)N1CCNCC1. The number of rotatable bonds is 3. The molecule has 0 aromatic rings. The maximum Gasteiger partial charge on any atom is 0.236 e. The monoisotopic (exact) mass is 360 g/mol. The molecular formula is C19H28N4O3. The van der Waals surface area contributed by atoms with Crippen LogP contribution in [0, 0.1) is 5.92 Å². The van der Waals surface area contributed by atoms with Crippen molar-refractivity contribution in [3.05, 3.63) is 23.7 Å². The Morgan fingerprint density at radius 1 is 1.12 bits per heavy atom. The van der Waals surface area contributed by atoms with Gasteiger partial charge in [-0.3, -0.25) is 14.6 Å². The largest absolute Gasteiger partial charge is 0.462 e. The zero-order valence-corrected chi connectivity index (χ0v) is 15.3. The minimum atomic E-state index is 0.124. The molecule has 5 aliphatic rings. The lowest BCUT2D eigenvalue weighted by atomic mass is 10.1. The van der Waals surface area contributed by atoms with Crippen molar-refractivity contribution in [3.63, 3.8) is 0 Å². The number of nitrogens with one attached hydrogen (secondary N) is 1. The molecule has 0 radical (unpaired) electrons. The third-order valence-corrected chi connectivity index (χ3v) is 6.45. The van der Waals surface area contributed by atoms with Crippen LogP contribution in [0.2, 0.25) is 0 Å². The Kier molecular flexibility index (Phi) is 4.18. The van der Waals surface area contributed by atoms with Gasteiger partial charge in [0, 0.05) is 63.8 Å². The molecule has 142 valence electrons. The fourth-order valence-corrected chi connectivity index (χ4v) is 4.80. The smallest absolute Gasteiger partial charge is 0.236 e. The molecular weight excluding hydrogens is 332 g/mol. The quantitative estimate of drug-likeness (QED) is 0.763. The lowest BCUT2D eigenvalue weighted by Gasteiger charge is -2.39. The molecule has 0 spiro atoms. The molecule has 1 amide bonds. The minimum absolute atomic E-state index is 0.124. The van der Waals surface area contributed by atoms with Crippen molar-refractivity contribution in [2.75, 3.05) is 65.7 Å². The highest BCUT2D eigenvalue weighted by Gasteiger charge is 2.57. The molecule has 0 aromatic carbocycles. The number of hydrogen-bond donors (Lipinski definition) is 1. The van der Waals surface area contributed by atoms with Crippen molar-refractivity contribution in [3.8, 4) is 0 Å². The maximum atomic E-state index is 12.5. The molecule has 1 N–H and O–H groups in total.